The lowest BCUT2D eigenvalue weighted by molar-refractivity contribution is 0.0925. The summed E-state index contributed by atoms with van der Waals surface area (Å²) in [6.45, 7) is 3.28. The van der Waals surface area contributed by atoms with Crippen LogP contribution in [-0.4, -0.2) is 31.3 Å². The van der Waals surface area contributed by atoms with Gasteiger partial charge in [-0.3, -0.25) is 4.79 Å². The highest BCUT2D eigenvalue weighted by atomic mass is 79.9. The van der Waals surface area contributed by atoms with Gasteiger partial charge in [0.25, 0.3) is 5.91 Å². The normalized spacial score (nSPS) is 23.3. The van der Waals surface area contributed by atoms with Crippen LogP contribution in [0.2, 0.25) is 0 Å². The summed E-state index contributed by atoms with van der Waals surface area (Å²) in [5.74, 6) is 1.21. The maximum atomic E-state index is 12.3. The first-order valence-electron chi connectivity index (χ1n) is 6.77. The number of hydrogen-bond acceptors (Lipinski definition) is 4. The predicted molar refractivity (Wildman–Crippen MR) is 85.5 cm³/mol. The van der Waals surface area contributed by atoms with Crippen LogP contribution >= 0.6 is 28.3 Å². The van der Waals surface area contributed by atoms with Gasteiger partial charge >= 0.3 is 0 Å². The van der Waals surface area contributed by atoms with Gasteiger partial charge < -0.3 is 20.1 Å². The summed E-state index contributed by atoms with van der Waals surface area (Å²) in [4.78, 5) is 12.3. The largest absolute Gasteiger partial charge is 0.454 e. The van der Waals surface area contributed by atoms with Gasteiger partial charge in [-0.25, -0.2) is 0 Å². The number of piperidine rings is 1. The topological polar surface area (TPSA) is 59.6 Å². The molecule has 0 spiro atoms. The molecule has 2 aliphatic rings. The third-order valence-corrected chi connectivity index (χ3v) is 4.24. The molecule has 3 rings (SSSR count). The van der Waals surface area contributed by atoms with E-state index in [-0.39, 0.29) is 31.1 Å². The van der Waals surface area contributed by atoms with E-state index in [0.717, 1.165) is 23.9 Å². The van der Waals surface area contributed by atoms with Gasteiger partial charge in [-0.1, -0.05) is 0 Å². The lowest BCUT2D eigenvalue weighted by Crippen LogP contribution is -2.46. The molecule has 2 unspecified atom stereocenters. The fourth-order valence-electron chi connectivity index (χ4n) is 2.63. The van der Waals surface area contributed by atoms with Crippen LogP contribution < -0.4 is 20.1 Å². The molecule has 0 aliphatic carbocycles. The fourth-order valence-corrected chi connectivity index (χ4v) is 3.19. The molecule has 0 radical (unpaired) electrons. The van der Waals surface area contributed by atoms with Crippen molar-refractivity contribution >= 4 is 34.2 Å². The number of nitrogens with one attached hydrogen (secondary N) is 2. The number of benzene rings is 1. The Morgan fingerprint density at radius 1 is 1.43 bits per heavy atom. The lowest BCUT2D eigenvalue weighted by Gasteiger charge is -2.28. The molecule has 5 nitrogen and oxygen atoms in total. The van der Waals surface area contributed by atoms with Crippen LogP contribution in [0.25, 0.3) is 0 Å². The molecular weight excluding hydrogens is 360 g/mol. The molecule has 0 bridgehead atoms. The van der Waals surface area contributed by atoms with Crippen LogP contribution in [0.5, 0.6) is 11.5 Å². The van der Waals surface area contributed by atoms with Crippen molar-refractivity contribution in [3.63, 3.8) is 0 Å². The quantitative estimate of drug-likeness (QED) is 0.831. The summed E-state index contributed by atoms with van der Waals surface area (Å²) < 4.78 is 11.4. The molecule has 21 heavy (non-hydrogen) atoms. The Balaban J connectivity index is 0.00000161. The maximum absolute atomic E-state index is 12.3. The zero-order valence-corrected chi connectivity index (χ0v) is 14.1. The lowest BCUT2D eigenvalue weighted by atomic mass is 10.0. The number of halogens is 2. The summed E-state index contributed by atoms with van der Waals surface area (Å²) in [6, 6.07) is 4.17. The average Bonchev–Trinajstić information content (AvgIpc) is 2.87. The number of fused-ring (bicyclic) bond motifs is 1. The van der Waals surface area contributed by atoms with Gasteiger partial charge in [0, 0.05) is 17.6 Å². The van der Waals surface area contributed by atoms with Crippen LogP contribution in [0.3, 0.4) is 0 Å². The van der Waals surface area contributed by atoms with E-state index in [9.17, 15) is 4.79 Å². The minimum absolute atomic E-state index is 0. The Labute approximate surface area is 138 Å². The second-order valence-corrected chi connectivity index (χ2v) is 6.10. The zero-order valence-electron chi connectivity index (χ0n) is 11.6. The van der Waals surface area contributed by atoms with Crippen molar-refractivity contribution in [1.29, 1.82) is 0 Å². The molecule has 1 aromatic rings. The van der Waals surface area contributed by atoms with E-state index in [0.29, 0.717) is 23.1 Å². The van der Waals surface area contributed by atoms with E-state index in [4.69, 9.17) is 9.47 Å². The summed E-state index contributed by atoms with van der Waals surface area (Å²) in [7, 11) is 0. The van der Waals surface area contributed by atoms with Gasteiger partial charge in [-0.05, 0) is 54.4 Å². The second-order valence-electron chi connectivity index (χ2n) is 5.24. The first-order valence-corrected chi connectivity index (χ1v) is 7.56. The van der Waals surface area contributed by atoms with Crippen LogP contribution in [0.4, 0.5) is 0 Å². The summed E-state index contributed by atoms with van der Waals surface area (Å²) in [5.41, 5.74) is 0.590. The van der Waals surface area contributed by atoms with E-state index in [2.05, 4.69) is 33.5 Å². The van der Waals surface area contributed by atoms with E-state index in [1.54, 1.807) is 12.1 Å². The monoisotopic (exact) mass is 376 g/mol. The van der Waals surface area contributed by atoms with Gasteiger partial charge in [-0.15, -0.1) is 12.4 Å². The molecule has 0 aromatic heterocycles. The van der Waals surface area contributed by atoms with E-state index in [1.165, 1.54) is 0 Å². The van der Waals surface area contributed by atoms with Crippen molar-refractivity contribution in [2.75, 3.05) is 13.3 Å². The third-order valence-electron chi connectivity index (χ3n) is 3.65. The number of rotatable bonds is 2. The molecule has 1 amide bonds. The van der Waals surface area contributed by atoms with Crippen molar-refractivity contribution < 1.29 is 14.3 Å². The third kappa shape index (κ3) is 3.62. The van der Waals surface area contributed by atoms with Crippen molar-refractivity contribution in [3.05, 3.63) is 22.2 Å². The minimum atomic E-state index is -0.0666. The van der Waals surface area contributed by atoms with Crippen LogP contribution in [-0.2, 0) is 0 Å². The molecule has 7 heteroatoms. The highest BCUT2D eigenvalue weighted by Gasteiger charge is 2.23. The standard InChI is InChI=1S/C14H17BrN2O3.ClH/c1-8-4-10(2-3-16-8)17-14(18)9-5-11(15)13-12(6-9)19-7-20-13;/h5-6,8,10,16H,2-4,7H2,1H3,(H,17,18);1H. The Morgan fingerprint density at radius 2 is 2.24 bits per heavy atom. The first-order chi connectivity index (χ1) is 9.63. The zero-order chi connectivity index (χ0) is 14.1. The molecule has 2 N–H and O–H groups in total. The Kier molecular flexibility index (Phi) is 5.35. The number of hydrogen-bond donors (Lipinski definition) is 2. The summed E-state index contributed by atoms with van der Waals surface area (Å²) >= 11 is 3.41. The average molecular weight is 378 g/mol. The summed E-state index contributed by atoms with van der Waals surface area (Å²) in [6.07, 6.45) is 1.92. The first kappa shape index (κ1) is 16.4. The van der Waals surface area contributed by atoms with E-state index in [1.807, 2.05) is 0 Å². The van der Waals surface area contributed by atoms with Gasteiger partial charge in [-0.2, -0.15) is 0 Å². The SMILES string of the molecule is CC1CC(NC(=O)c2cc(Br)c3c(c2)OCO3)CCN1.Cl. The molecular formula is C14H18BrClN2O3. The smallest absolute Gasteiger partial charge is 0.251 e. The van der Waals surface area contributed by atoms with Crippen molar-refractivity contribution in [1.82, 2.24) is 10.6 Å². The predicted octanol–water partition coefficient (Wildman–Crippen LogP) is 2.47. The fraction of sp³-hybridized carbons (Fsp3) is 0.500. The molecule has 2 heterocycles. The van der Waals surface area contributed by atoms with Crippen LogP contribution in [0, 0.1) is 0 Å². The maximum Gasteiger partial charge on any atom is 0.251 e. The Bertz CT molecular complexity index is 541. The van der Waals surface area contributed by atoms with E-state index >= 15 is 0 Å². The minimum Gasteiger partial charge on any atom is -0.454 e. The van der Waals surface area contributed by atoms with Gasteiger partial charge in [0.05, 0.1) is 4.47 Å². The van der Waals surface area contributed by atoms with Gasteiger partial charge in [0.1, 0.15) is 0 Å². The molecule has 116 valence electrons. The Hall–Kier alpha value is -0.980. The number of amides is 1. The Morgan fingerprint density at radius 3 is 3.00 bits per heavy atom. The number of carbonyl (C=O) groups is 1. The van der Waals surface area contributed by atoms with Crippen molar-refractivity contribution in [2.24, 2.45) is 0 Å². The second kappa shape index (κ2) is 6.85. The molecule has 1 aromatic carbocycles. The van der Waals surface area contributed by atoms with Crippen LogP contribution in [0.1, 0.15) is 30.1 Å². The van der Waals surface area contributed by atoms with Crippen LogP contribution in [0.15, 0.2) is 16.6 Å². The highest BCUT2D eigenvalue weighted by molar-refractivity contribution is 9.10. The van der Waals surface area contributed by atoms with Gasteiger partial charge in [0.15, 0.2) is 11.5 Å². The van der Waals surface area contributed by atoms with E-state index < -0.39 is 0 Å². The summed E-state index contributed by atoms with van der Waals surface area (Å²) in [5, 5.41) is 6.46. The number of carbonyl (C=O) groups excluding carboxylic acids is 1. The molecule has 2 aliphatic heterocycles. The van der Waals surface area contributed by atoms with Crippen molar-refractivity contribution in [3.8, 4) is 11.5 Å². The molecule has 2 atom stereocenters. The molecule has 0 saturated carbocycles. The highest BCUT2D eigenvalue weighted by Crippen LogP contribution is 2.39. The number of ether oxygens (including phenoxy) is 2. The molecule has 1 fully saturated rings. The molecule has 1 saturated heterocycles. The van der Waals surface area contributed by atoms with Crippen molar-refractivity contribution in [2.45, 2.75) is 31.8 Å². The van der Waals surface area contributed by atoms with Gasteiger partial charge in [0.2, 0.25) is 6.79 Å².